The molecule has 2 atom stereocenters. The summed E-state index contributed by atoms with van der Waals surface area (Å²) < 4.78 is 52.0. The molecule has 108 valence electrons. The Balaban J connectivity index is 2.51. The summed E-state index contributed by atoms with van der Waals surface area (Å²) in [5.41, 5.74) is 1.78. The summed E-state index contributed by atoms with van der Waals surface area (Å²) in [7, 11) is -3.89. The van der Waals surface area contributed by atoms with Crippen molar-refractivity contribution in [3.8, 4) is 0 Å². The molecule has 0 saturated carbocycles. The van der Waals surface area contributed by atoms with Crippen molar-refractivity contribution < 1.29 is 17.2 Å². The van der Waals surface area contributed by atoms with Gasteiger partial charge in [-0.3, -0.25) is 0 Å². The van der Waals surface area contributed by atoms with E-state index < -0.39 is 27.8 Å². The quantitative estimate of drug-likeness (QED) is 0.832. The van der Waals surface area contributed by atoms with E-state index in [1.165, 1.54) is 19.1 Å². The molecule has 1 aromatic rings. The highest BCUT2D eigenvalue weighted by Crippen LogP contribution is 2.32. The van der Waals surface area contributed by atoms with Gasteiger partial charge in [0.1, 0.15) is 12.0 Å². The van der Waals surface area contributed by atoms with E-state index in [2.05, 4.69) is 0 Å². The summed E-state index contributed by atoms with van der Waals surface area (Å²) in [6.45, 7) is 5.04. The average molecular weight is 298 g/mol. The Bertz CT molecular complexity index is 703. The predicted octanol–water partition coefficient (Wildman–Crippen LogP) is 3.80. The molecular formula is C15H16F2O2S. The molecule has 0 saturated heterocycles. The normalized spacial score (nSPS) is 23.2. The monoisotopic (exact) mass is 298 g/mol. The van der Waals surface area contributed by atoms with Gasteiger partial charge in [0.25, 0.3) is 0 Å². The Morgan fingerprint density at radius 3 is 2.35 bits per heavy atom. The molecule has 0 radical (unpaired) electrons. The standard InChI is InChI=1S/C15H16F2O2S/c1-9-4-5-12(6-10(9)2)20(18,19)13-7-14(16)11(3)15(17)8-13/h4-8,11,14H,1-3H3. The van der Waals surface area contributed by atoms with Gasteiger partial charge in [0, 0.05) is 5.92 Å². The lowest BCUT2D eigenvalue weighted by molar-refractivity contribution is 0.290. The molecule has 5 heteroatoms. The van der Waals surface area contributed by atoms with Crippen LogP contribution >= 0.6 is 0 Å². The first-order valence-corrected chi connectivity index (χ1v) is 7.77. The first-order chi connectivity index (χ1) is 9.23. The van der Waals surface area contributed by atoms with Crippen LogP contribution in [-0.2, 0) is 9.84 Å². The van der Waals surface area contributed by atoms with E-state index in [0.29, 0.717) is 0 Å². The summed E-state index contributed by atoms with van der Waals surface area (Å²) in [6, 6.07) is 4.65. The highest BCUT2D eigenvalue weighted by Gasteiger charge is 2.29. The van der Waals surface area contributed by atoms with E-state index in [1.54, 1.807) is 13.0 Å². The van der Waals surface area contributed by atoms with E-state index in [0.717, 1.165) is 23.3 Å². The summed E-state index contributed by atoms with van der Waals surface area (Å²) >= 11 is 0. The van der Waals surface area contributed by atoms with Crippen molar-refractivity contribution in [3.05, 3.63) is 52.2 Å². The van der Waals surface area contributed by atoms with Crippen molar-refractivity contribution >= 4 is 9.84 Å². The van der Waals surface area contributed by atoms with Gasteiger partial charge in [-0.25, -0.2) is 17.2 Å². The Labute approximate surface area is 117 Å². The molecule has 20 heavy (non-hydrogen) atoms. The molecule has 1 aromatic carbocycles. The second-order valence-corrected chi connectivity index (χ2v) is 7.03. The van der Waals surface area contributed by atoms with Gasteiger partial charge in [-0.05, 0) is 49.3 Å². The van der Waals surface area contributed by atoms with Crippen molar-refractivity contribution in [1.82, 2.24) is 0 Å². The summed E-state index contributed by atoms with van der Waals surface area (Å²) in [6.07, 6.45) is 0.250. The fourth-order valence-electron chi connectivity index (χ4n) is 1.95. The van der Waals surface area contributed by atoms with Crippen LogP contribution in [0.15, 0.2) is 46.0 Å². The van der Waals surface area contributed by atoms with Gasteiger partial charge in [0.05, 0.1) is 9.80 Å². The van der Waals surface area contributed by atoms with Crippen molar-refractivity contribution in [2.75, 3.05) is 0 Å². The highest BCUT2D eigenvalue weighted by atomic mass is 32.2. The number of hydrogen-bond acceptors (Lipinski definition) is 2. The number of aryl methyl sites for hydroxylation is 2. The molecule has 1 aliphatic carbocycles. The van der Waals surface area contributed by atoms with Crippen LogP contribution in [0, 0.1) is 19.8 Å². The van der Waals surface area contributed by atoms with Crippen LogP contribution in [0.25, 0.3) is 0 Å². The predicted molar refractivity (Wildman–Crippen MR) is 74.4 cm³/mol. The van der Waals surface area contributed by atoms with E-state index in [9.17, 15) is 17.2 Å². The molecule has 0 amide bonds. The third-order valence-corrected chi connectivity index (χ3v) is 5.36. The van der Waals surface area contributed by atoms with Crippen molar-refractivity contribution in [2.24, 2.45) is 5.92 Å². The van der Waals surface area contributed by atoms with Gasteiger partial charge in [-0.1, -0.05) is 13.0 Å². The first kappa shape index (κ1) is 14.9. The lowest BCUT2D eigenvalue weighted by Gasteiger charge is -2.18. The summed E-state index contributed by atoms with van der Waals surface area (Å²) in [5, 5.41) is 0. The molecule has 0 aromatic heterocycles. The molecule has 2 unspecified atom stereocenters. The van der Waals surface area contributed by atoms with Crippen LogP contribution < -0.4 is 0 Å². The third-order valence-electron chi connectivity index (χ3n) is 3.62. The number of sulfone groups is 1. The Morgan fingerprint density at radius 1 is 1.15 bits per heavy atom. The highest BCUT2D eigenvalue weighted by molar-refractivity contribution is 7.95. The molecule has 0 heterocycles. The second-order valence-electron chi connectivity index (χ2n) is 5.08. The summed E-state index contributed by atoms with van der Waals surface area (Å²) in [4.78, 5) is -0.262. The molecular weight excluding hydrogens is 282 g/mol. The maximum absolute atomic E-state index is 13.6. The van der Waals surface area contributed by atoms with E-state index in [4.69, 9.17) is 0 Å². The van der Waals surface area contributed by atoms with E-state index >= 15 is 0 Å². The minimum atomic E-state index is -3.89. The maximum atomic E-state index is 13.6. The zero-order valence-electron chi connectivity index (χ0n) is 11.5. The molecule has 2 nitrogen and oxygen atoms in total. The van der Waals surface area contributed by atoms with Crippen LogP contribution in [0.1, 0.15) is 18.1 Å². The Morgan fingerprint density at radius 2 is 1.80 bits per heavy atom. The summed E-state index contributed by atoms with van der Waals surface area (Å²) in [5.74, 6) is -1.68. The van der Waals surface area contributed by atoms with Gasteiger partial charge >= 0.3 is 0 Å². The van der Waals surface area contributed by atoms with Gasteiger partial charge in [0.2, 0.25) is 9.84 Å². The fraction of sp³-hybridized carbons (Fsp3) is 0.333. The minimum Gasteiger partial charge on any atom is -0.242 e. The minimum absolute atomic E-state index is 0.0534. The van der Waals surface area contributed by atoms with Crippen LogP contribution in [-0.4, -0.2) is 14.6 Å². The topological polar surface area (TPSA) is 34.1 Å². The number of rotatable bonds is 2. The van der Waals surface area contributed by atoms with Crippen LogP contribution in [0.3, 0.4) is 0 Å². The van der Waals surface area contributed by atoms with E-state index in [-0.39, 0.29) is 9.80 Å². The van der Waals surface area contributed by atoms with Crippen molar-refractivity contribution in [1.29, 1.82) is 0 Å². The van der Waals surface area contributed by atoms with Gasteiger partial charge in [-0.2, -0.15) is 0 Å². The molecule has 0 spiro atoms. The zero-order chi connectivity index (χ0) is 15.1. The van der Waals surface area contributed by atoms with Gasteiger partial charge in [-0.15, -0.1) is 0 Å². The number of allylic oxidation sites excluding steroid dienone is 3. The zero-order valence-corrected chi connectivity index (χ0v) is 12.3. The largest absolute Gasteiger partial charge is 0.242 e. The number of benzene rings is 1. The van der Waals surface area contributed by atoms with Crippen molar-refractivity contribution in [2.45, 2.75) is 31.8 Å². The second kappa shape index (κ2) is 5.13. The lowest BCUT2D eigenvalue weighted by atomic mass is 10.00. The number of halogens is 2. The fourth-order valence-corrected chi connectivity index (χ4v) is 3.38. The molecule has 2 rings (SSSR count). The van der Waals surface area contributed by atoms with Gasteiger partial charge < -0.3 is 0 Å². The first-order valence-electron chi connectivity index (χ1n) is 6.29. The van der Waals surface area contributed by atoms with Crippen LogP contribution in [0.2, 0.25) is 0 Å². The molecule has 0 N–H and O–H groups in total. The number of alkyl halides is 1. The smallest absolute Gasteiger partial charge is 0.206 e. The molecule has 0 aliphatic heterocycles. The maximum Gasteiger partial charge on any atom is 0.206 e. The number of hydrogen-bond donors (Lipinski definition) is 0. The van der Waals surface area contributed by atoms with Crippen LogP contribution in [0.4, 0.5) is 8.78 Å². The average Bonchev–Trinajstić information content (AvgIpc) is 2.38. The van der Waals surface area contributed by atoms with Crippen LogP contribution in [0.5, 0.6) is 0 Å². The Kier molecular flexibility index (Phi) is 3.82. The third kappa shape index (κ3) is 2.54. The molecule has 0 bridgehead atoms. The van der Waals surface area contributed by atoms with Gasteiger partial charge in [0.15, 0.2) is 0 Å². The SMILES string of the molecule is Cc1ccc(S(=O)(=O)C2=CC(F)C(C)C(F)=C2)cc1C. The van der Waals surface area contributed by atoms with Crippen molar-refractivity contribution in [3.63, 3.8) is 0 Å². The Hall–Kier alpha value is -1.49. The molecule has 1 aliphatic rings. The lowest BCUT2D eigenvalue weighted by Crippen LogP contribution is -2.18. The molecule has 0 fully saturated rings. The van der Waals surface area contributed by atoms with E-state index in [1.807, 2.05) is 6.92 Å².